The molecular formula is C18H28N2O. The molecule has 0 aliphatic carbocycles. The maximum absolute atomic E-state index is 12.4. The molecule has 0 bridgehead atoms. The fourth-order valence-corrected chi connectivity index (χ4v) is 2.85. The smallest absolute Gasteiger partial charge is 0.226 e. The first kappa shape index (κ1) is 16.0. The Morgan fingerprint density at radius 1 is 1.33 bits per heavy atom. The Balaban J connectivity index is 1.85. The van der Waals surface area contributed by atoms with Crippen molar-refractivity contribution in [3.63, 3.8) is 0 Å². The van der Waals surface area contributed by atoms with Crippen LogP contribution < -0.4 is 5.32 Å². The summed E-state index contributed by atoms with van der Waals surface area (Å²) in [6.07, 6.45) is 2.89. The number of aryl methyl sites for hydroxylation is 1. The summed E-state index contributed by atoms with van der Waals surface area (Å²) < 4.78 is 0. The highest BCUT2D eigenvalue weighted by atomic mass is 16.2. The van der Waals surface area contributed by atoms with Gasteiger partial charge in [0.15, 0.2) is 0 Å². The molecule has 21 heavy (non-hydrogen) atoms. The van der Waals surface area contributed by atoms with Crippen LogP contribution in [0.15, 0.2) is 24.3 Å². The largest absolute Gasteiger partial charge is 0.342 e. The second kappa shape index (κ2) is 7.60. The highest BCUT2D eigenvalue weighted by Gasteiger charge is 2.23. The average Bonchev–Trinajstić information content (AvgIpc) is 2.48. The van der Waals surface area contributed by atoms with Gasteiger partial charge in [0, 0.05) is 19.1 Å². The molecule has 2 rings (SSSR count). The van der Waals surface area contributed by atoms with Crippen molar-refractivity contribution in [1.29, 1.82) is 0 Å². The van der Waals surface area contributed by atoms with Gasteiger partial charge in [-0.05, 0) is 37.8 Å². The van der Waals surface area contributed by atoms with Crippen LogP contribution in [0.25, 0.3) is 0 Å². The number of nitrogens with zero attached hydrogens (tertiary/aromatic N) is 1. The highest BCUT2D eigenvalue weighted by molar-refractivity contribution is 5.78. The molecule has 116 valence electrons. The molecule has 1 N–H and O–H groups in total. The van der Waals surface area contributed by atoms with Crippen LogP contribution in [0.4, 0.5) is 0 Å². The molecule has 1 heterocycles. The number of carbonyl (C=O) groups excluding carboxylic acids is 1. The molecule has 1 fully saturated rings. The van der Waals surface area contributed by atoms with Crippen molar-refractivity contribution in [2.45, 2.75) is 46.1 Å². The number of hydrogen-bond donors (Lipinski definition) is 1. The number of hydrogen-bond acceptors (Lipinski definition) is 2. The normalized spacial score (nSPS) is 19.0. The van der Waals surface area contributed by atoms with Gasteiger partial charge in [-0.25, -0.2) is 0 Å². The van der Waals surface area contributed by atoms with Gasteiger partial charge in [0.1, 0.15) is 0 Å². The first-order valence-corrected chi connectivity index (χ1v) is 8.11. The molecule has 1 aliphatic heterocycles. The Morgan fingerprint density at radius 2 is 2.05 bits per heavy atom. The van der Waals surface area contributed by atoms with Crippen LogP contribution in [0.2, 0.25) is 0 Å². The summed E-state index contributed by atoms with van der Waals surface area (Å²) in [7, 11) is 0. The number of piperidine rings is 1. The van der Waals surface area contributed by atoms with E-state index < -0.39 is 0 Å². The fraction of sp³-hybridized carbons (Fsp3) is 0.611. The van der Waals surface area contributed by atoms with Crippen LogP contribution in [-0.4, -0.2) is 36.5 Å². The number of rotatable bonds is 5. The van der Waals surface area contributed by atoms with Gasteiger partial charge in [-0.1, -0.05) is 43.7 Å². The monoisotopic (exact) mass is 288 g/mol. The zero-order valence-electron chi connectivity index (χ0n) is 13.6. The molecule has 3 nitrogen and oxygen atoms in total. The maximum atomic E-state index is 12.4. The molecule has 0 aromatic heterocycles. The summed E-state index contributed by atoms with van der Waals surface area (Å²) in [6.45, 7) is 9.26. The third-order valence-electron chi connectivity index (χ3n) is 4.16. The van der Waals surface area contributed by atoms with E-state index in [0.717, 1.165) is 31.6 Å². The molecule has 1 aromatic carbocycles. The van der Waals surface area contributed by atoms with E-state index in [9.17, 15) is 4.79 Å². The minimum atomic E-state index is 0.271. The first-order chi connectivity index (χ1) is 10.0. The zero-order chi connectivity index (χ0) is 15.2. The average molecular weight is 288 g/mol. The van der Waals surface area contributed by atoms with E-state index >= 15 is 0 Å². The number of benzene rings is 1. The summed E-state index contributed by atoms with van der Waals surface area (Å²) in [5, 5.41) is 3.49. The lowest BCUT2D eigenvalue weighted by molar-refractivity contribution is -0.132. The van der Waals surface area contributed by atoms with Crippen molar-refractivity contribution in [3.8, 4) is 0 Å². The van der Waals surface area contributed by atoms with Crippen LogP contribution in [0.3, 0.4) is 0 Å². The van der Waals surface area contributed by atoms with Gasteiger partial charge in [-0.15, -0.1) is 0 Å². The first-order valence-electron chi connectivity index (χ1n) is 8.11. The fourth-order valence-electron chi connectivity index (χ4n) is 2.85. The molecule has 1 amide bonds. The summed E-state index contributed by atoms with van der Waals surface area (Å²) in [5.74, 6) is 0.871. The predicted octanol–water partition coefficient (Wildman–Crippen LogP) is 2.77. The molecule has 1 aromatic rings. The van der Waals surface area contributed by atoms with Gasteiger partial charge in [0.25, 0.3) is 0 Å². The van der Waals surface area contributed by atoms with E-state index in [4.69, 9.17) is 0 Å². The van der Waals surface area contributed by atoms with Crippen molar-refractivity contribution in [2.75, 3.05) is 19.6 Å². The second-order valence-corrected chi connectivity index (χ2v) is 6.57. The predicted molar refractivity (Wildman–Crippen MR) is 87.3 cm³/mol. The molecule has 0 saturated carbocycles. The highest BCUT2D eigenvalue weighted by Crippen LogP contribution is 2.17. The van der Waals surface area contributed by atoms with Gasteiger partial charge < -0.3 is 10.2 Å². The van der Waals surface area contributed by atoms with Crippen molar-refractivity contribution < 1.29 is 4.79 Å². The van der Waals surface area contributed by atoms with Crippen LogP contribution in [0, 0.1) is 12.8 Å². The zero-order valence-corrected chi connectivity index (χ0v) is 13.6. The standard InChI is InChI=1S/C18H28N2O/c1-14(2)19-12-17-5-4-10-20(13-17)18(21)11-16-8-6-15(3)7-9-16/h6-9,14,17,19H,4-5,10-13H2,1-3H3. The Bertz CT molecular complexity index is 453. The molecule has 1 atom stereocenters. The van der Waals surface area contributed by atoms with E-state index in [1.54, 1.807) is 0 Å². The van der Waals surface area contributed by atoms with Crippen molar-refractivity contribution in [2.24, 2.45) is 5.92 Å². The van der Waals surface area contributed by atoms with Crippen LogP contribution >= 0.6 is 0 Å². The van der Waals surface area contributed by atoms with E-state index in [0.29, 0.717) is 18.4 Å². The topological polar surface area (TPSA) is 32.3 Å². The number of amides is 1. The number of likely N-dealkylation sites (tertiary alicyclic amines) is 1. The minimum Gasteiger partial charge on any atom is -0.342 e. The minimum absolute atomic E-state index is 0.271. The summed E-state index contributed by atoms with van der Waals surface area (Å²) in [4.78, 5) is 14.5. The molecule has 1 unspecified atom stereocenters. The lowest BCUT2D eigenvalue weighted by atomic mass is 9.97. The Labute approximate surface area is 128 Å². The third-order valence-corrected chi connectivity index (χ3v) is 4.16. The van der Waals surface area contributed by atoms with Gasteiger partial charge in [-0.2, -0.15) is 0 Å². The van der Waals surface area contributed by atoms with Gasteiger partial charge in [0.05, 0.1) is 6.42 Å². The Morgan fingerprint density at radius 3 is 2.71 bits per heavy atom. The molecule has 3 heteroatoms. The van der Waals surface area contributed by atoms with E-state index in [1.807, 2.05) is 0 Å². The van der Waals surface area contributed by atoms with E-state index in [-0.39, 0.29) is 5.91 Å². The number of carbonyl (C=O) groups is 1. The van der Waals surface area contributed by atoms with E-state index in [1.165, 1.54) is 12.0 Å². The third kappa shape index (κ3) is 5.16. The van der Waals surface area contributed by atoms with Gasteiger partial charge in [0.2, 0.25) is 5.91 Å². The number of nitrogens with one attached hydrogen (secondary N) is 1. The van der Waals surface area contributed by atoms with E-state index in [2.05, 4.69) is 55.3 Å². The van der Waals surface area contributed by atoms with Crippen molar-refractivity contribution >= 4 is 5.91 Å². The van der Waals surface area contributed by atoms with Crippen LogP contribution in [0.1, 0.15) is 37.8 Å². The summed E-state index contributed by atoms with van der Waals surface area (Å²) in [6, 6.07) is 8.80. The molecule has 1 aliphatic rings. The quantitative estimate of drug-likeness (QED) is 0.903. The Hall–Kier alpha value is -1.35. The van der Waals surface area contributed by atoms with Crippen molar-refractivity contribution in [3.05, 3.63) is 35.4 Å². The van der Waals surface area contributed by atoms with Crippen molar-refractivity contribution in [1.82, 2.24) is 10.2 Å². The Kier molecular flexibility index (Phi) is 5.80. The molecule has 1 saturated heterocycles. The van der Waals surface area contributed by atoms with Gasteiger partial charge >= 0.3 is 0 Å². The lowest BCUT2D eigenvalue weighted by Crippen LogP contribution is -2.44. The second-order valence-electron chi connectivity index (χ2n) is 6.57. The van der Waals surface area contributed by atoms with Crippen LogP contribution in [-0.2, 0) is 11.2 Å². The van der Waals surface area contributed by atoms with Gasteiger partial charge in [-0.3, -0.25) is 4.79 Å². The lowest BCUT2D eigenvalue weighted by Gasteiger charge is -2.33. The molecule has 0 spiro atoms. The summed E-state index contributed by atoms with van der Waals surface area (Å²) >= 11 is 0. The molecule has 0 radical (unpaired) electrons. The van der Waals surface area contributed by atoms with Crippen LogP contribution in [0.5, 0.6) is 0 Å². The molecular weight excluding hydrogens is 260 g/mol. The SMILES string of the molecule is Cc1ccc(CC(=O)N2CCCC(CNC(C)C)C2)cc1. The summed E-state index contributed by atoms with van der Waals surface area (Å²) in [5.41, 5.74) is 2.36. The maximum Gasteiger partial charge on any atom is 0.226 e.